The molecule has 0 aliphatic heterocycles. The number of primary amides is 1. The number of rotatable bonds is 8. The molecule has 5 heteroatoms. The number of carbonyl (C=O) groups is 1. The van der Waals surface area contributed by atoms with Crippen molar-refractivity contribution in [3.05, 3.63) is 36.5 Å². The van der Waals surface area contributed by atoms with Gasteiger partial charge < -0.3 is 15.8 Å². The first-order valence-electron chi connectivity index (χ1n) is 7.21. The van der Waals surface area contributed by atoms with Crippen LogP contribution in [0.15, 0.2) is 36.5 Å². The van der Waals surface area contributed by atoms with E-state index >= 15 is 0 Å². The molecule has 1 aromatic heterocycles. The van der Waals surface area contributed by atoms with Crippen LogP contribution in [0.2, 0.25) is 0 Å². The summed E-state index contributed by atoms with van der Waals surface area (Å²) in [5.41, 5.74) is 6.26. The van der Waals surface area contributed by atoms with Gasteiger partial charge in [0.1, 0.15) is 5.75 Å². The predicted octanol–water partition coefficient (Wildman–Crippen LogP) is 1.86. The second kappa shape index (κ2) is 7.59. The van der Waals surface area contributed by atoms with Crippen LogP contribution in [0.3, 0.4) is 0 Å². The van der Waals surface area contributed by atoms with Crippen molar-refractivity contribution in [3.8, 4) is 5.75 Å². The average molecular weight is 287 g/mol. The number of carbonyl (C=O) groups excluding carboxylic acids is 1. The lowest BCUT2D eigenvalue weighted by Gasteiger charge is -2.15. The second-order valence-electron chi connectivity index (χ2n) is 4.90. The number of hydrogen-bond acceptors (Lipinski definition) is 4. The summed E-state index contributed by atoms with van der Waals surface area (Å²) in [6, 6.07) is 9.34. The van der Waals surface area contributed by atoms with E-state index in [0.717, 1.165) is 29.6 Å². The minimum Gasteiger partial charge on any atom is -0.493 e. The zero-order chi connectivity index (χ0) is 15.1. The highest BCUT2D eigenvalue weighted by molar-refractivity contribution is 5.80. The summed E-state index contributed by atoms with van der Waals surface area (Å²) in [5, 5.41) is 4.19. The van der Waals surface area contributed by atoms with Gasteiger partial charge in [0.2, 0.25) is 5.91 Å². The molecule has 112 valence electrons. The lowest BCUT2D eigenvalue weighted by Crippen LogP contribution is -2.42. The van der Waals surface area contributed by atoms with Crippen LogP contribution < -0.4 is 15.8 Å². The van der Waals surface area contributed by atoms with E-state index in [4.69, 9.17) is 10.5 Å². The fourth-order valence-electron chi connectivity index (χ4n) is 2.09. The molecule has 0 radical (unpaired) electrons. The number of amides is 1. The Morgan fingerprint density at radius 2 is 2.29 bits per heavy atom. The van der Waals surface area contributed by atoms with Gasteiger partial charge in [0.15, 0.2) is 0 Å². The van der Waals surface area contributed by atoms with Crippen molar-refractivity contribution < 1.29 is 9.53 Å². The van der Waals surface area contributed by atoms with E-state index in [1.165, 1.54) is 0 Å². The molecule has 2 rings (SSSR count). The van der Waals surface area contributed by atoms with Gasteiger partial charge in [-0.1, -0.05) is 13.0 Å². The Morgan fingerprint density at radius 3 is 3.05 bits per heavy atom. The second-order valence-corrected chi connectivity index (χ2v) is 4.90. The number of hydrogen-bond donors (Lipinski definition) is 2. The van der Waals surface area contributed by atoms with E-state index in [9.17, 15) is 4.79 Å². The van der Waals surface area contributed by atoms with Gasteiger partial charge in [0.05, 0.1) is 18.2 Å². The molecule has 5 nitrogen and oxygen atoms in total. The Kier molecular flexibility index (Phi) is 5.51. The van der Waals surface area contributed by atoms with Crippen LogP contribution in [-0.2, 0) is 4.79 Å². The Balaban J connectivity index is 1.90. The van der Waals surface area contributed by atoms with Crippen LogP contribution in [-0.4, -0.2) is 30.1 Å². The Bertz CT molecular complexity index is 601. The summed E-state index contributed by atoms with van der Waals surface area (Å²) >= 11 is 0. The van der Waals surface area contributed by atoms with E-state index in [-0.39, 0.29) is 11.9 Å². The van der Waals surface area contributed by atoms with E-state index in [2.05, 4.69) is 10.3 Å². The topological polar surface area (TPSA) is 77.2 Å². The minimum atomic E-state index is -0.344. The quantitative estimate of drug-likeness (QED) is 0.777. The van der Waals surface area contributed by atoms with Crippen molar-refractivity contribution in [2.24, 2.45) is 5.73 Å². The summed E-state index contributed by atoms with van der Waals surface area (Å²) in [5.74, 6) is 0.409. The van der Waals surface area contributed by atoms with Crippen molar-refractivity contribution in [2.75, 3.05) is 13.2 Å². The summed E-state index contributed by atoms with van der Waals surface area (Å²) < 4.78 is 5.69. The van der Waals surface area contributed by atoms with Crippen LogP contribution in [0.4, 0.5) is 0 Å². The van der Waals surface area contributed by atoms with E-state index < -0.39 is 0 Å². The third-order valence-corrected chi connectivity index (χ3v) is 3.24. The molecule has 0 bridgehead atoms. The molecule has 21 heavy (non-hydrogen) atoms. The first-order chi connectivity index (χ1) is 10.2. The Morgan fingerprint density at radius 1 is 1.43 bits per heavy atom. The van der Waals surface area contributed by atoms with E-state index in [0.29, 0.717) is 13.0 Å². The molecule has 3 N–H and O–H groups in total. The van der Waals surface area contributed by atoms with Gasteiger partial charge >= 0.3 is 0 Å². The maximum absolute atomic E-state index is 11.3. The standard InChI is InChI=1S/C16H21N3O2/c1-2-8-18-14(16(17)20)7-10-21-13-6-5-12-4-3-9-19-15(12)11-13/h3-6,9,11,14,18H,2,7-8,10H2,1H3,(H2,17,20). The van der Waals surface area contributed by atoms with Crippen LogP contribution in [0.25, 0.3) is 10.9 Å². The number of nitrogens with one attached hydrogen (secondary N) is 1. The molecule has 0 fully saturated rings. The normalized spacial score (nSPS) is 12.2. The van der Waals surface area contributed by atoms with Crippen LogP contribution in [0.5, 0.6) is 5.75 Å². The molecule has 1 heterocycles. The fourth-order valence-corrected chi connectivity index (χ4v) is 2.09. The fraction of sp³-hybridized carbons (Fsp3) is 0.375. The molecular formula is C16H21N3O2. The molecule has 0 aliphatic rings. The number of benzene rings is 1. The van der Waals surface area contributed by atoms with Gasteiger partial charge in [-0.2, -0.15) is 0 Å². The molecule has 1 unspecified atom stereocenters. The molecule has 0 saturated heterocycles. The highest BCUT2D eigenvalue weighted by atomic mass is 16.5. The zero-order valence-corrected chi connectivity index (χ0v) is 12.2. The van der Waals surface area contributed by atoms with Crippen molar-refractivity contribution in [1.29, 1.82) is 0 Å². The lowest BCUT2D eigenvalue weighted by molar-refractivity contribution is -0.120. The van der Waals surface area contributed by atoms with Gasteiger partial charge in [-0.25, -0.2) is 0 Å². The summed E-state index contributed by atoms with van der Waals surface area (Å²) in [7, 11) is 0. The third kappa shape index (κ3) is 4.43. The number of aromatic nitrogens is 1. The molecule has 0 spiro atoms. The van der Waals surface area contributed by atoms with Gasteiger partial charge in [0.25, 0.3) is 0 Å². The summed E-state index contributed by atoms with van der Waals surface area (Å²) in [6.45, 7) is 3.25. The van der Waals surface area contributed by atoms with Gasteiger partial charge in [0, 0.05) is 24.1 Å². The number of ether oxygens (including phenoxy) is 1. The third-order valence-electron chi connectivity index (χ3n) is 3.24. The van der Waals surface area contributed by atoms with Crippen molar-refractivity contribution in [2.45, 2.75) is 25.8 Å². The van der Waals surface area contributed by atoms with Gasteiger partial charge in [-0.15, -0.1) is 0 Å². The van der Waals surface area contributed by atoms with E-state index in [1.807, 2.05) is 37.3 Å². The first-order valence-corrected chi connectivity index (χ1v) is 7.21. The molecule has 0 saturated carbocycles. The smallest absolute Gasteiger partial charge is 0.234 e. The van der Waals surface area contributed by atoms with Gasteiger partial charge in [-0.3, -0.25) is 9.78 Å². The summed E-state index contributed by atoms with van der Waals surface area (Å²) in [4.78, 5) is 15.6. The van der Waals surface area contributed by atoms with Crippen molar-refractivity contribution >= 4 is 16.8 Å². The van der Waals surface area contributed by atoms with Crippen LogP contribution >= 0.6 is 0 Å². The molecule has 2 aromatic rings. The van der Waals surface area contributed by atoms with Crippen LogP contribution in [0.1, 0.15) is 19.8 Å². The SMILES string of the molecule is CCCNC(CCOc1ccc2cccnc2c1)C(N)=O. The maximum atomic E-state index is 11.3. The van der Waals surface area contributed by atoms with Crippen molar-refractivity contribution in [3.63, 3.8) is 0 Å². The van der Waals surface area contributed by atoms with Crippen LogP contribution in [0, 0.1) is 0 Å². The monoisotopic (exact) mass is 287 g/mol. The maximum Gasteiger partial charge on any atom is 0.234 e. The molecular weight excluding hydrogens is 266 g/mol. The molecule has 1 amide bonds. The number of nitrogens with zero attached hydrogens (tertiary/aromatic N) is 1. The Hall–Kier alpha value is -2.14. The lowest BCUT2D eigenvalue weighted by atomic mass is 10.2. The minimum absolute atomic E-state index is 0.341. The summed E-state index contributed by atoms with van der Waals surface area (Å²) in [6.07, 6.45) is 3.26. The van der Waals surface area contributed by atoms with Crippen molar-refractivity contribution in [1.82, 2.24) is 10.3 Å². The number of nitrogens with two attached hydrogens (primary N) is 1. The predicted molar refractivity (Wildman–Crippen MR) is 83.1 cm³/mol. The number of pyridine rings is 1. The highest BCUT2D eigenvalue weighted by Gasteiger charge is 2.13. The molecule has 1 atom stereocenters. The largest absolute Gasteiger partial charge is 0.493 e. The molecule has 0 aliphatic carbocycles. The zero-order valence-electron chi connectivity index (χ0n) is 12.2. The Labute approximate surface area is 124 Å². The first kappa shape index (κ1) is 15.3. The van der Waals surface area contributed by atoms with Gasteiger partial charge in [-0.05, 0) is 31.2 Å². The average Bonchev–Trinajstić information content (AvgIpc) is 2.50. The highest BCUT2D eigenvalue weighted by Crippen LogP contribution is 2.18. The van der Waals surface area contributed by atoms with E-state index in [1.54, 1.807) is 6.20 Å². The number of fused-ring (bicyclic) bond motifs is 1. The molecule has 1 aromatic carbocycles.